The summed E-state index contributed by atoms with van der Waals surface area (Å²) in [5.41, 5.74) is -0.529. The molecule has 5 N–H and O–H groups in total. The molecule has 0 radical (unpaired) electrons. The molecule has 16 heteroatoms. The molecule has 3 rings (SSSR count). The SMILES string of the molecule is CC(C)OC(=O)[C@H](C)NP(=O)(Oc1ccccc1)OC(C)(C)[C@H]1O[C@@H](n2cc(F)c(=O)[nH]c2=O)[C@@](N)(CF)C1O. The summed E-state index contributed by atoms with van der Waals surface area (Å²) in [6.45, 7) is 5.80. The van der Waals surface area contributed by atoms with Gasteiger partial charge in [0.15, 0.2) is 6.23 Å². The minimum absolute atomic E-state index is 0.0940. The van der Waals surface area contributed by atoms with E-state index in [1.807, 2.05) is 0 Å². The van der Waals surface area contributed by atoms with Crippen LogP contribution in [0.4, 0.5) is 8.78 Å². The van der Waals surface area contributed by atoms with Crippen molar-refractivity contribution >= 4 is 13.7 Å². The normalized spacial score (nSPS) is 25.4. The molecule has 0 bridgehead atoms. The fourth-order valence-corrected chi connectivity index (χ4v) is 5.94. The van der Waals surface area contributed by atoms with E-state index in [4.69, 9.17) is 24.3 Å². The van der Waals surface area contributed by atoms with Gasteiger partial charge in [-0.1, -0.05) is 18.2 Å². The maximum Gasteiger partial charge on any atom is 0.460 e. The number of nitrogens with two attached hydrogens (primary N) is 1. The lowest BCUT2D eigenvalue weighted by Crippen LogP contribution is -2.59. The van der Waals surface area contributed by atoms with Crippen LogP contribution in [0.3, 0.4) is 0 Å². The predicted molar refractivity (Wildman–Crippen MR) is 138 cm³/mol. The van der Waals surface area contributed by atoms with Crippen molar-refractivity contribution in [3.8, 4) is 5.75 Å². The Labute approximate surface area is 228 Å². The summed E-state index contributed by atoms with van der Waals surface area (Å²) in [7, 11) is -4.51. The molecule has 0 spiro atoms. The Morgan fingerprint density at radius 2 is 1.93 bits per heavy atom. The van der Waals surface area contributed by atoms with Crippen molar-refractivity contribution in [3.63, 3.8) is 0 Å². The topological polar surface area (TPSA) is 184 Å². The number of hydrogen-bond acceptors (Lipinski definition) is 10. The van der Waals surface area contributed by atoms with Gasteiger partial charge in [0.1, 0.15) is 41.8 Å². The first-order valence-corrected chi connectivity index (χ1v) is 13.8. The van der Waals surface area contributed by atoms with Crippen molar-refractivity contribution in [2.75, 3.05) is 6.67 Å². The van der Waals surface area contributed by atoms with E-state index in [-0.39, 0.29) is 5.75 Å². The number of halogens is 2. The fourth-order valence-electron chi connectivity index (χ4n) is 4.09. The molecule has 6 atom stereocenters. The minimum atomic E-state index is -4.51. The molecular weight excluding hydrogens is 557 g/mol. The second kappa shape index (κ2) is 11.9. The van der Waals surface area contributed by atoms with Gasteiger partial charge in [-0.15, -0.1) is 0 Å². The lowest BCUT2D eigenvalue weighted by atomic mass is 9.86. The van der Waals surface area contributed by atoms with Crippen LogP contribution in [0, 0.1) is 5.82 Å². The largest absolute Gasteiger partial charge is 0.462 e. The van der Waals surface area contributed by atoms with E-state index in [0.717, 1.165) is 0 Å². The second-order valence-corrected chi connectivity index (χ2v) is 11.8. The van der Waals surface area contributed by atoms with Crippen LogP contribution in [0.5, 0.6) is 5.75 Å². The van der Waals surface area contributed by atoms with E-state index in [9.17, 15) is 32.8 Å². The number of aromatic nitrogens is 2. The zero-order chi connectivity index (χ0) is 30.0. The first-order valence-electron chi connectivity index (χ1n) is 12.3. The number of rotatable bonds is 11. The quantitative estimate of drug-likeness (QED) is 0.220. The molecule has 1 aliphatic rings. The molecule has 0 aliphatic carbocycles. The van der Waals surface area contributed by atoms with E-state index >= 15 is 0 Å². The predicted octanol–water partition coefficient (Wildman–Crippen LogP) is 1.51. The number of benzene rings is 1. The van der Waals surface area contributed by atoms with E-state index in [0.29, 0.717) is 10.8 Å². The van der Waals surface area contributed by atoms with Gasteiger partial charge in [0.05, 0.1) is 12.3 Å². The van der Waals surface area contributed by atoms with Gasteiger partial charge in [-0.3, -0.25) is 23.7 Å². The molecule has 2 heterocycles. The number of carbonyl (C=O) groups excluding carboxylic acids is 1. The molecule has 1 saturated heterocycles. The standard InChI is InChI=1S/C24H33F2N4O9P/c1-13(2)36-20(33)14(3)29-40(35,38-15-9-7-6-8-10-15)39-23(4,5)18-17(31)24(27,12-25)21(37-18)30-11-16(26)19(32)28-22(30)34/h6-11,13-14,17-18,21,31H,12,27H2,1-5H3,(H,29,35)(H,28,32,34)/t14-,17?,18-,21+,24+,40?/m0/s1. The maximum absolute atomic E-state index is 14.3. The van der Waals surface area contributed by atoms with Crippen molar-refractivity contribution in [1.29, 1.82) is 0 Å². The number of carbonyl (C=O) groups is 1. The summed E-state index contributed by atoms with van der Waals surface area (Å²) in [4.78, 5) is 38.0. The Morgan fingerprint density at radius 3 is 2.50 bits per heavy atom. The number of esters is 1. The van der Waals surface area contributed by atoms with E-state index < -0.39 is 79.2 Å². The number of nitrogens with one attached hydrogen (secondary N) is 2. The molecule has 1 aromatic heterocycles. The lowest BCUT2D eigenvalue weighted by Gasteiger charge is -2.37. The highest BCUT2D eigenvalue weighted by atomic mass is 31.2. The number of aliphatic hydroxyl groups excluding tert-OH is 1. The first-order chi connectivity index (χ1) is 18.5. The molecule has 222 valence electrons. The van der Waals surface area contributed by atoms with Crippen LogP contribution >= 0.6 is 7.75 Å². The summed E-state index contributed by atoms with van der Waals surface area (Å²) < 4.78 is 65.2. The number of alkyl halides is 1. The Balaban J connectivity index is 1.98. The molecule has 1 aromatic carbocycles. The van der Waals surface area contributed by atoms with Crippen molar-refractivity contribution in [2.45, 2.75) is 76.3 Å². The molecule has 40 heavy (non-hydrogen) atoms. The van der Waals surface area contributed by atoms with Crippen molar-refractivity contribution in [3.05, 3.63) is 63.2 Å². The summed E-state index contributed by atoms with van der Waals surface area (Å²) in [5.74, 6) is -2.05. The number of aromatic amines is 1. The Kier molecular flexibility index (Phi) is 9.39. The van der Waals surface area contributed by atoms with Crippen molar-refractivity contribution in [2.24, 2.45) is 5.73 Å². The Hall–Kier alpha value is -2.94. The summed E-state index contributed by atoms with van der Waals surface area (Å²) in [6, 6.07) is 6.63. The third-order valence-electron chi connectivity index (χ3n) is 6.05. The molecule has 0 amide bonds. The van der Waals surface area contributed by atoms with Gasteiger partial charge >= 0.3 is 19.4 Å². The van der Waals surface area contributed by atoms with Gasteiger partial charge in [-0.2, -0.15) is 9.48 Å². The second-order valence-electron chi connectivity index (χ2n) is 10.2. The van der Waals surface area contributed by atoms with Gasteiger partial charge < -0.3 is 24.8 Å². The summed E-state index contributed by atoms with van der Waals surface area (Å²) >= 11 is 0. The molecule has 13 nitrogen and oxygen atoms in total. The van der Waals surface area contributed by atoms with Crippen LogP contribution in [0.2, 0.25) is 0 Å². The average Bonchev–Trinajstić information content (AvgIpc) is 3.12. The highest BCUT2D eigenvalue weighted by molar-refractivity contribution is 7.52. The van der Waals surface area contributed by atoms with E-state index in [2.05, 4.69) is 5.09 Å². The first kappa shape index (κ1) is 31.6. The summed E-state index contributed by atoms with van der Waals surface area (Å²) in [6.07, 6.45) is -5.32. The van der Waals surface area contributed by atoms with Crippen molar-refractivity contribution < 1.29 is 41.8 Å². The van der Waals surface area contributed by atoms with Crippen LogP contribution in [-0.2, 0) is 23.4 Å². The average molecular weight is 591 g/mol. The van der Waals surface area contributed by atoms with Crippen molar-refractivity contribution in [1.82, 2.24) is 14.6 Å². The number of para-hydroxylation sites is 1. The lowest BCUT2D eigenvalue weighted by molar-refractivity contribution is -0.149. The monoisotopic (exact) mass is 590 g/mol. The van der Waals surface area contributed by atoms with Crippen LogP contribution in [0.25, 0.3) is 0 Å². The third kappa shape index (κ3) is 6.67. The molecule has 0 saturated carbocycles. The van der Waals surface area contributed by atoms with Crippen LogP contribution in [-0.4, -0.2) is 62.8 Å². The molecule has 2 aromatic rings. The molecular formula is C24H33F2N4O9P. The van der Waals surface area contributed by atoms with E-state index in [1.54, 1.807) is 37.0 Å². The number of ether oxygens (including phenoxy) is 2. The van der Waals surface area contributed by atoms with Gasteiger partial charge in [-0.05, 0) is 46.8 Å². The number of hydrogen-bond donors (Lipinski definition) is 4. The highest BCUT2D eigenvalue weighted by Crippen LogP contribution is 2.52. The zero-order valence-corrected chi connectivity index (χ0v) is 23.4. The molecule has 1 fully saturated rings. The van der Waals surface area contributed by atoms with Crippen LogP contribution in [0.1, 0.15) is 40.8 Å². The summed E-state index contributed by atoms with van der Waals surface area (Å²) in [5, 5.41) is 13.6. The third-order valence-corrected chi connectivity index (χ3v) is 7.91. The van der Waals surface area contributed by atoms with Crippen LogP contribution in [0.15, 0.2) is 46.1 Å². The smallest absolute Gasteiger partial charge is 0.460 e. The van der Waals surface area contributed by atoms with Gasteiger partial charge in [0.2, 0.25) is 5.82 Å². The Bertz CT molecular complexity index is 1370. The van der Waals surface area contributed by atoms with Gasteiger partial charge in [0.25, 0.3) is 5.56 Å². The fraction of sp³-hybridized carbons (Fsp3) is 0.542. The van der Waals surface area contributed by atoms with E-state index in [1.165, 1.54) is 32.9 Å². The number of H-pyrrole nitrogens is 1. The maximum atomic E-state index is 14.3. The van der Waals surface area contributed by atoms with Gasteiger partial charge in [0, 0.05) is 0 Å². The number of nitrogens with zero attached hydrogens (tertiary/aromatic N) is 1. The van der Waals surface area contributed by atoms with Gasteiger partial charge in [-0.25, -0.2) is 13.8 Å². The van der Waals surface area contributed by atoms with Crippen LogP contribution < -0.4 is 26.6 Å². The molecule has 1 aliphatic heterocycles. The zero-order valence-electron chi connectivity index (χ0n) is 22.5. The highest BCUT2D eigenvalue weighted by Gasteiger charge is 2.61. The number of aliphatic hydroxyl groups is 1. The molecule has 2 unspecified atom stereocenters. The minimum Gasteiger partial charge on any atom is -0.462 e. The Morgan fingerprint density at radius 1 is 1.30 bits per heavy atom.